The van der Waals surface area contributed by atoms with E-state index in [2.05, 4.69) is 32.1 Å². The molecule has 160 valence electrons. The van der Waals surface area contributed by atoms with Gasteiger partial charge in [0.1, 0.15) is 5.75 Å². The number of ether oxygens (including phenoxy) is 2. The van der Waals surface area contributed by atoms with Gasteiger partial charge in [-0.3, -0.25) is 9.69 Å². The molecular weight excluding hydrogens is 380 g/mol. The molecule has 0 bridgehead atoms. The van der Waals surface area contributed by atoms with Gasteiger partial charge in [0.15, 0.2) is 0 Å². The predicted octanol–water partition coefficient (Wildman–Crippen LogP) is 2.29. The maximum absolute atomic E-state index is 12.7. The molecule has 7 nitrogen and oxygen atoms in total. The molecule has 0 spiro atoms. The highest BCUT2D eigenvalue weighted by Crippen LogP contribution is 2.29. The summed E-state index contributed by atoms with van der Waals surface area (Å²) in [7, 11) is 1.70. The van der Waals surface area contributed by atoms with Crippen molar-refractivity contribution in [2.75, 3.05) is 81.3 Å². The second-order valence-electron chi connectivity index (χ2n) is 7.60. The number of rotatable bonds is 6. The molecule has 2 aliphatic heterocycles. The number of nitrogens with one attached hydrogen (secondary N) is 1. The van der Waals surface area contributed by atoms with Gasteiger partial charge in [-0.15, -0.1) is 0 Å². The molecule has 2 fully saturated rings. The van der Waals surface area contributed by atoms with E-state index in [0.29, 0.717) is 6.54 Å². The van der Waals surface area contributed by atoms with Crippen LogP contribution < -0.4 is 19.9 Å². The van der Waals surface area contributed by atoms with Gasteiger partial charge in [-0.25, -0.2) is 0 Å². The maximum atomic E-state index is 12.7. The third kappa shape index (κ3) is 4.86. The molecule has 0 radical (unpaired) electrons. The monoisotopic (exact) mass is 410 g/mol. The van der Waals surface area contributed by atoms with Crippen molar-refractivity contribution in [1.82, 2.24) is 4.90 Å². The lowest BCUT2D eigenvalue weighted by atomic mass is 10.2. The van der Waals surface area contributed by atoms with Gasteiger partial charge in [0, 0.05) is 39.3 Å². The molecule has 2 heterocycles. The number of carbonyl (C=O) groups is 1. The summed E-state index contributed by atoms with van der Waals surface area (Å²) in [6, 6.07) is 16.1. The zero-order valence-corrected chi connectivity index (χ0v) is 17.5. The Morgan fingerprint density at radius 2 is 1.53 bits per heavy atom. The fourth-order valence-electron chi connectivity index (χ4n) is 4.09. The molecule has 0 unspecified atom stereocenters. The van der Waals surface area contributed by atoms with Crippen molar-refractivity contribution in [1.29, 1.82) is 0 Å². The molecule has 7 heteroatoms. The summed E-state index contributed by atoms with van der Waals surface area (Å²) in [5, 5.41) is 3.12. The zero-order valence-electron chi connectivity index (χ0n) is 17.5. The Labute approximate surface area is 178 Å². The Balaban J connectivity index is 1.32. The maximum Gasteiger partial charge on any atom is 0.238 e. The number of amides is 1. The highest BCUT2D eigenvalue weighted by atomic mass is 16.5. The number of carbonyl (C=O) groups excluding carboxylic acids is 1. The quantitative estimate of drug-likeness (QED) is 0.789. The molecule has 2 aromatic carbocycles. The average molecular weight is 411 g/mol. The van der Waals surface area contributed by atoms with Gasteiger partial charge >= 0.3 is 0 Å². The van der Waals surface area contributed by atoms with E-state index in [9.17, 15) is 4.79 Å². The first kappa shape index (κ1) is 20.5. The summed E-state index contributed by atoms with van der Waals surface area (Å²) in [5.41, 5.74) is 3.05. The van der Waals surface area contributed by atoms with Gasteiger partial charge in [0.25, 0.3) is 0 Å². The SMILES string of the molecule is COc1ccccc1N1CCN(CC(=O)Nc2ccccc2N2CCOCC2)CC1. The molecule has 30 heavy (non-hydrogen) atoms. The zero-order chi connectivity index (χ0) is 20.8. The Kier molecular flexibility index (Phi) is 6.71. The molecule has 0 atom stereocenters. The summed E-state index contributed by atoms with van der Waals surface area (Å²) >= 11 is 0. The van der Waals surface area contributed by atoms with Crippen LogP contribution in [0.25, 0.3) is 0 Å². The molecule has 0 aliphatic carbocycles. The Morgan fingerprint density at radius 1 is 0.900 bits per heavy atom. The minimum atomic E-state index is 0.0291. The smallest absolute Gasteiger partial charge is 0.238 e. The van der Waals surface area contributed by atoms with E-state index < -0.39 is 0 Å². The first-order valence-corrected chi connectivity index (χ1v) is 10.6. The molecule has 1 amide bonds. The minimum absolute atomic E-state index is 0.0291. The number of morpholine rings is 1. The van der Waals surface area contributed by atoms with E-state index in [1.54, 1.807) is 7.11 Å². The van der Waals surface area contributed by atoms with Crippen molar-refractivity contribution in [2.45, 2.75) is 0 Å². The topological polar surface area (TPSA) is 57.3 Å². The van der Waals surface area contributed by atoms with Crippen LogP contribution in [-0.4, -0.2) is 76.9 Å². The normalized spacial score (nSPS) is 17.6. The summed E-state index contributed by atoms with van der Waals surface area (Å²) in [6.07, 6.45) is 0. The summed E-state index contributed by atoms with van der Waals surface area (Å²) < 4.78 is 10.9. The second-order valence-corrected chi connectivity index (χ2v) is 7.60. The summed E-state index contributed by atoms with van der Waals surface area (Å²) in [5.74, 6) is 0.921. The molecule has 0 aromatic heterocycles. The van der Waals surface area contributed by atoms with E-state index >= 15 is 0 Å². The van der Waals surface area contributed by atoms with E-state index in [1.165, 1.54) is 0 Å². The Morgan fingerprint density at radius 3 is 2.27 bits per heavy atom. The third-order valence-electron chi connectivity index (χ3n) is 5.70. The van der Waals surface area contributed by atoms with Crippen molar-refractivity contribution >= 4 is 23.0 Å². The van der Waals surface area contributed by atoms with Crippen LogP contribution in [0.5, 0.6) is 5.75 Å². The van der Waals surface area contributed by atoms with Crippen LogP contribution in [0.4, 0.5) is 17.1 Å². The number of benzene rings is 2. The van der Waals surface area contributed by atoms with E-state index in [1.807, 2.05) is 36.4 Å². The molecular formula is C23H30N4O3. The van der Waals surface area contributed by atoms with Crippen LogP contribution in [0.1, 0.15) is 0 Å². The molecule has 2 aromatic rings. The largest absolute Gasteiger partial charge is 0.495 e. The third-order valence-corrected chi connectivity index (χ3v) is 5.70. The van der Waals surface area contributed by atoms with Gasteiger partial charge in [0.05, 0.1) is 43.9 Å². The highest BCUT2D eigenvalue weighted by Gasteiger charge is 2.22. The minimum Gasteiger partial charge on any atom is -0.495 e. The van der Waals surface area contributed by atoms with Crippen LogP contribution in [0.15, 0.2) is 48.5 Å². The van der Waals surface area contributed by atoms with Crippen molar-refractivity contribution in [3.05, 3.63) is 48.5 Å². The van der Waals surface area contributed by atoms with Crippen molar-refractivity contribution in [2.24, 2.45) is 0 Å². The van der Waals surface area contributed by atoms with E-state index in [4.69, 9.17) is 9.47 Å². The van der Waals surface area contributed by atoms with Crippen molar-refractivity contribution in [3.63, 3.8) is 0 Å². The average Bonchev–Trinajstić information content (AvgIpc) is 2.80. The Hall–Kier alpha value is -2.77. The second kappa shape index (κ2) is 9.82. The molecule has 2 saturated heterocycles. The number of hydrogen-bond donors (Lipinski definition) is 1. The first-order chi connectivity index (χ1) is 14.7. The predicted molar refractivity (Wildman–Crippen MR) is 120 cm³/mol. The lowest BCUT2D eigenvalue weighted by Gasteiger charge is -2.36. The number of para-hydroxylation sites is 4. The van der Waals surface area contributed by atoms with Crippen LogP contribution in [-0.2, 0) is 9.53 Å². The molecule has 4 rings (SSSR count). The number of piperazine rings is 1. The van der Waals surface area contributed by atoms with Gasteiger partial charge in [-0.1, -0.05) is 24.3 Å². The van der Waals surface area contributed by atoms with Gasteiger partial charge in [0.2, 0.25) is 5.91 Å². The van der Waals surface area contributed by atoms with Gasteiger partial charge in [-0.2, -0.15) is 0 Å². The molecule has 1 N–H and O–H groups in total. The fraction of sp³-hybridized carbons (Fsp3) is 0.435. The van der Waals surface area contributed by atoms with E-state index in [-0.39, 0.29) is 5.91 Å². The standard InChI is InChI=1S/C23H30N4O3/c1-29-22-9-5-4-8-21(22)26-12-10-25(11-13-26)18-23(28)24-19-6-2-3-7-20(19)27-14-16-30-17-15-27/h2-9H,10-18H2,1H3,(H,24,28). The fourth-order valence-corrected chi connectivity index (χ4v) is 4.09. The number of hydrogen-bond acceptors (Lipinski definition) is 6. The lowest BCUT2D eigenvalue weighted by Crippen LogP contribution is -2.48. The van der Waals surface area contributed by atoms with Crippen molar-refractivity contribution < 1.29 is 14.3 Å². The number of anilines is 3. The number of methoxy groups -OCH3 is 1. The van der Waals surface area contributed by atoms with E-state index in [0.717, 1.165) is 75.3 Å². The Bertz CT molecular complexity index is 846. The number of nitrogens with zero attached hydrogens (tertiary/aromatic N) is 3. The van der Waals surface area contributed by atoms with Crippen LogP contribution >= 0.6 is 0 Å². The van der Waals surface area contributed by atoms with Crippen LogP contribution in [0, 0.1) is 0 Å². The summed E-state index contributed by atoms with van der Waals surface area (Å²) in [6.45, 7) is 6.97. The van der Waals surface area contributed by atoms with Gasteiger partial charge < -0.3 is 24.6 Å². The van der Waals surface area contributed by atoms with Crippen LogP contribution in [0.2, 0.25) is 0 Å². The molecule has 0 saturated carbocycles. The lowest BCUT2D eigenvalue weighted by molar-refractivity contribution is -0.117. The van der Waals surface area contributed by atoms with Gasteiger partial charge in [-0.05, 0) is 24.3 Å². The first-order valence-electron chi connectivity index (χ1n) is 10.6. The highest BCUT2D eigenvalue weighted by molar-refractivity contribution is 5.95. The molecule has 2 aliphatic rings. The summed E-state index contributed by atoms with van der Waals surface area (Å²) in [4.78, 5) is 19.5. The van der Waals surface area contributed by atoms with Crippen LogP contribution in [0.3, 0.4) is 0 Å². The van der Waals surface area contributed by atoms with Crippen molar-refractivity contribution in [3.8, 4) is 5.75 Å².